The molecule has 6 nitrogen and oxygen atoms in total. The van der Waals surface area contributed by atoms with E-state index in [0.717, 1.165) is 25.2 Å². The summed E-state index contributed by atoms with van der Waals surface area (Å²) in [4.78, 5) is 26.1. The zero-order valence-corrected chi connectivity index (χ0v) is 19.8. The van der Waals surface area contributed by atoms with E-state index < -0.39 is 0 Å². The lowest BCUT2D eigenvalue weighted by molar-refractivity contribution is -0.130. The summed E-state index contributed by atoms with van der Waals surface area (Å²) >= 11 is 0. The fraction of sp³-hybridized carbons (Fsp3) is 0.615. The van der Waals surface area contributed by atoms with Crippen molar-refractivity contribution < 1.29 is 19.1 Å². The van der Waals surface area contributed by atoms with Crippen molar-refractivity contribution in [2.75, 3.05) is 26.7 Å². The van der Waals surface area contributed by atoms with Crippen molar-refractivity contribution in [1.82, 2.24) is 10.2 Å². The van der Waals surface area contributed by atoms with Gasteiger partial charge in [-0.15, -0.1) is 0 Å². The number of hydrogen-bond acceptors (Lipinski definition) is 4. The van der Waals surface area contributed by atoms with Gasteiger partial charge in [-0.05, 0) is 54.7 Å². The van der Waals surface area contributed by atoms with Crippen LogP contribution >= 0.6 is 0 Å². The Hall–Kier alpha value is -2.50. The van der Waals surface area contributed by atoms with Gasteiger partial charge < -0.3 is 19.7 Å². The Bertz CT molecular complexity index is 899. The molecule has 4 aliphatic rings. The third-order valence-electron chi connectivity index (χ3n) is 7.89. The molecule has 0 radical (unpaired) electrons. The molecule has 3 aliphatic carbocycles. The van der Waals surface area contributed by atoms with Gasteiger partial charge in [-0.25, -0.2) is 0 Å². The molecular formula is C26H36N2O4. The van der Waals surface area contributed by atoms with Gasteiger partial charge in [0.15, 0.2) is 11.5 Å². The van der Waals surface area contributed by atoms with Gasteiger partial charge in [0.25, 0.3) is 5.91 Å². The zero-order valence-electron chi connectivity index (χ0n) is 19.8. The van der Waals surface area contributed by atoms with E-state index in [2.05, 4.69) is 25.2 Å². The number of benzene rings is 1. The van der Waals surface area contributed by atoms with Crippen LogP contribution in [0.15, 0.2) is 29.8 Å². The van der Waals surface area contributed by atoms with Crippen molar-refractivity contribution in [2.24, 2.45) is 17.3 Å². The molecule has 0 aromatic heterocycles. The van der Waals surface area contributed by atoms with Crippen molar-refractivity contribution >= 4 is 11.8 Å². The van der Waals surface area contributed by atoms with Gasteiger partial charge in [0.2, 0.25) is 5.91 Å². The highest BCUT2D eigenvalue weighted by molar-refractivity contribution is 5.94. The van der Waals surface area contributed by atoms with Crippen LogP contribution < -0.4 is 14.8 Å². The predicted molar refractivity (Wildman–Crippen MR) is 124 cm³/mol. The maximum Gasteiger partial charge on any atom is 0.251 e. The largest absolute Gasteiger partial charge is 0.493 e. The molecule has 1 aromatic carbocycles. The van der Waals surface area contributed by atoms with Crippen LogP contribution in [0.4, 0.5) is 0 Å². The Morgan fingerprint density at radius 3 is 2.56 bits per heavy atom. The summed E-state index contributed by atoms with van der Waals surface area (Å²) in [7, 11) is 1.59. The Morgan fingerprint density at radius 2 is 1.94 bits per heavy atom. The molecule has 1 aromatic rings. The molecule has 0 unspecified atom stereocenters. The molecule has 1 saturated carbocycles. The average molecular weight is 441 g/mol. The van der Waals surface area contributed by atoms with Crippen LogP contribution in [0.25, 0.3) is 0 Å². The zero-order chi connectivity index (χ0) is 22.9. The van der Waals surface area contributed by atoms with Crippen LogP contribution in [-0.4, -0.2) is 49.6 Å². The van der Waals surface area contributed by atoms with Gasteiger partial charge in [0.05, 0.1) is 7.11 Å². The normalized spacial score (nSPS) is 24.2. The molecule has 1 heterocycles. The number of ether oxygens (including phenoxy) is 2. The summed E-state index contributed by atoms with van der Waals surface area (Å²) in [5.74, 6) is 2.73. The Balaban J connectivity index is 1.30. The molecule has 5 rings (SSSR count). The van der Waals surface area contributed by atoms with E-state index >= 15 is 0 Å². The van der Waals surface area contributed by atoms with Crippen LogP contribution in [0.3, 0.4) is 0 Å². The summed E-state index contributed by atoms with van der Waals surface area (Å²) in [6.45, 7) is 8.41. The molecule has 2 amide bonds. The molecular weight excluding hydrogens is 404 g/mol. The highest BCUT2D eigenvalue weighted by atomic mass is 16.5. The molecule has 1 aliphatic heterocycles. The van der Waals surface area contributed by atoms with Gasteiger partial charge in [0, 0.05) is 45.0 Å². The third-order valence-corrected chi connectivity index (χ3v) is 7.89. The summed E-state index contributed by atoms with van der Waals surface area (Å²) in [6.07, 6.45) is 7.42. The van der Waals surface area contributed by atoms with E-state index in [-0.39, 0.29) is 17.9 Å². The van der Waals surface area contributed by atoms with Crippen LogP contribution in [0.2, 0.25) is 0 Å². The monoisotopic (exact) mass is 440 g/mol. The van der Waals surface area contributed by atoms with Gasteiger partial charge in [-0.2, -0.15) is 0 Å². The number of carbonyl (C=O) groups is 2. The summed E-state index contributed by atoms with van der Waals surface area (Å²) < 4.78 is 11.6. The number of nitrogens with one attached hydrogen (secondary N) is 1. The van der Waals surface area contributed by atoms with Gasteiger partial charge in [-0.1, -0.05) is 25.5 Å². The minimum atomic E-state index is -0.0910. The van der Waals surface area contributed by atoms with Crippen LogP contribution in [0, 0.1) is 17.3 Å². The number of methoxy groups -OCH3 is 1. The Morgan fingerprint density at radius 1 is 1.19 bits per heavy atom. The molecule has 6 heteroatoms. The van der Waals surface area contributed by atoms with Crippen LogP contribution in [-0.2, 0) is 4.79 Å². The number of fused-ring (bicyclic) bond motifs is 1. The van der Waals surface area contributed by atoms with Gasteiger partial charge >= 0.3 is 0 Å². The lowest BCUT2D eigenvalue weighted by Gasteiger charge is -2.56. The number of carbonyl (C=O) groups excluding carboxylic acids is 2. The number of amides is 2. The molecule has 32 heavy (non-hydrogen) atoms. The first kappa shape index (κ1) is 22.7. The van der Waals surface area contributed by atoms with Crippen LogP contribution in [0.5, 0.6) is 11.5 Å². The number of nitrogens with zero attached hydrogens (tertiary/aromatic N) is 1. The summed E-state index contributed by atoms with van der Waals surface area (Å²) in [6, 6.07) is 5.35. The highest BCUT2D eigenvalue weighted by Crippen LogP contribution is 2.59. The fourth-order valence-electron chi connectivity index (χ4n) is 5.55. The molecule has 2 atom stereocenters. The van der Waals surface area contributed by atoms with Gasteiger partial charge in [0.1, 0.15) is 6.10 Å². The van der Waals surface area contributed by atoms with Crippen molar-refractivity contribution in [3.05, 3.63) is 35.4 Å². The molecule has 2 fully saturated rings. The van der Waals surface area contributed by atoms with E-state index in [1.807, 2.05) is 11.0 Å². The maximum absolute atomic E-state index is 12.7. The second-order valence-corrected chi connectivity index (χ2v) is 10.0. The molecule has 1 N–H and O–H groups in total. The minimum Gasteiger partial charge on any atom is -0.493 e. The SMILES string of the molecule is COc1cc(C(=O)NCCC2=CC[C@H]3C[C@@H]2C3(C)C)ccc1OC1CCN(C(C)=O)CC1. The third kappa shape index (κ3) is 4.50. The average Bonchev–Trinajstić information content (AvgIpc) is 2.79. The first-order valence-electron chi connectivity index (χ1n) is 11.9. The van der Waals surface area contributed by atoms with E-state index in [9.17, 15) is 9.59 Å². The predicted octanol–water partition coefficient (Wildman–Crippen LogP) is 4.20. The smallest absolute Gasteiger partial charge is 0.251 e. The van der Waals surface area contributed by atoms with E-state index in [0.29, 0.717) is 48.0 Å². The minimum absolute atomic E-state index is 0.0401. The van der Waals surface area contributed by atoms with Crippen molar-refractivity contribution in [3.8, 4) is 11.5 Å². The molecule has 0 spiro atoms. The maximum atomic E-state index is 12.7. The van der Waals surface area contributed by atoms with E-state index in [4.69, 9.17) is 9.47 Å². The van der Waals surface area contributed by atoms with Crippen molar-refractivity contribution in [3.63, 3.8) is 0 Å². The lowest BCUT2D eigenvalue weighted by atomic mass is 9.48. The number of hydrogen-bond donors (Lipinski definition) is 1. The number of piperidine rings is 1. The van der Waals surface area contributed by atoms with Crippen LogP contribution in [0.1, 0.15) is 63.2 Å². The molecule has 1 saturated heterocycles. The topological polar surface area (TPSA) is 67.9 Å². The number of likely N-dealkylation sites (tertiary alicyclic amines) is 1. The Kier molecular flexibility index (Phi) is 6.50. The second-order valence-electron chi connectivity index (χ2n) is 10.0. The standard InChI is InChI=1S/C26H36N2O4/c1-17(29)28-13-10-21(11-14-28)32-23-8-6-19(15-24(23)31-4)25(30)27-12-9-18-5-7-20-16-22(18)26(20,2)3/h5-6,8,15,20-22H,7,9-14,16H2,1-4H3,(H,27,30)/t20-,22-/m0/s1. The Labute approximate surface area is 191 Å². The van der Waals surface area contributed by atoms with E-state index in [1.54, 1.807) is 26.2 Å². The summed E-state index contributed by atoms with van der Waals surface area (Å²) in [5.41, 5.74) is 2.50. The first-order valence-corrected chi connectivity index (χ1v) is 11.9. The van der Waals surface area contributed by atoms with Gasteiger partial charge in [-0.3, -0.25) is 9.59 Å². The van der Waals surface area contributed by atoms with Crippen molar-refractivity contribution in [2.45, 2.75) is 59.0 Å². The fourth-order valence-corrected chi connectivity index (χ4v) is 5.55. The summed E-state index contributed by atoms with van der Waals surface area (Å²) in [5, 5.41) is 3.07. The molecule has 174 valence electrons. The first-order chi connectivity index (χ1) is 15.3. The van der Waals surface area contributed by atoms with E-state index in [1.165, 1.54) is 18.4 Å². The van der Waals surface area contributed by atoms with Crippen molar-refractivity contribution in [1.29, 1.82) is 0 Å². The highest BCUT2D eigenvalue weighted by Gasteiger charge is 2.50. The number of rotatable bonds is 7. The quantitative estimate of drug-likeness (QED) is 0.646. The lowest BCUT2D eigenvalue weighted by Crippen LogP contribution is -2.48. The molecule has 2 bridgehead atoms. The second kappa shape index (κ2) is 9.16. The number of allylic oxidation sites excluding steroid dienone is 1.